The minimum atomic E-state index is -1.01. The molecule has 1 aromatic rings. The molecule has 1 amide bonds. The Bertz CT molecular complexity index is 471. The van der Waals surface area contributed by atoms with Gasteiger partial charge in [-0.15, -0.1) is 0 Å². The molecule has 0 bridgehead atoms. The van der Waals surface area contributed by atoms with Gasteiger partial charge in [0.2, 0.25) is 5.91 Å². The van der Waals surface area contributed by atoms with Crippen molar-refractivity contribution in [3.8, 4) is 0 Å². The lowest BCUT2D eigenvalue weighted by molar-refractivity contribution is -0.117. The number of hydrogen-bond donors (Lipinski definition) is 2. The van der Waals surface area contributed by atoms with Crippen LogP contribution in [0.2, 0.25) is 0 Å². The minimum absolute atomic E-state index is 0.118. The van der Waals surface area contributed by atoms with Crippen LogP contribution in [0.4, 0.5) is 5.69 Å². The van der Waals surface area contributed by atoms with E-state index in [9.17, 15) is 9.59 Å². The van der Waals surface area contributed by atoms with Gasteiger partial charge >= 0.3 is 5.97 Å². The largest absolute Gasteiger partial charge is 0.478 e. The van der Waals surface area contributed by atoms with Gasteiger partial charge in [0.15, 0.2) is 0 Å². The van der Waals surface area contributed by atoms with Crippen molar-refractivity contribution in [1.29, 1.82) is 0 Å². The molecular weight excluding hydrogens is 246 g/mol. The van der Waals surface area contributed by atoms with E-state index < -0.39 is 5.97 Å². The van der Waals surface area contributed by atoms with Crippen LogP contribution in [-0.4, -0.2) is 30.7 Å². The molecule has 5 nitrogen and oxygen atoms in total. The minimum Gasteiger partial charge on any atom is -0.478 e. The summed E-state index contributed by atoms with van der Waals surface area (Å²) in [6, 6.07) is 4.66. The lowest BCUT2D eigenvalue weighted by Crippen LogP contribution is -2.18. The van der Waals surface area contributed by atoms with E-state index in [4.69, 9.17) is 9.84 Å². The third-order valence-corrected chi connectivity index (χ3v) is 2.74. The number of methoxy groups -OCH3 is 1. The van der Waals surface area contributed by atoms with E-state index in [-0.39, 0.29) is 17.4 Å². The van der Waals surface area contributed by atoms with Gasteiger partial charge in [-0.2, -0.15) is 0 Å². The molecule has 0 saturated heterocycles. The Balaban J connectivity index is 2.73. The number of amides is 1. The van der Waals surface area contributed by atoms with Crippen LogP contribution in [0.25, 0.3) is 0 Å². The van der Waals surface area contributed by atoms with Gasteiger partial charge in [0.25, 0.3) is 0 Å². The smallest absolute Gasteiger partial charge is 0.335 e. The summed E-state index contributed by atoms with van der Waals surface area (Å²) in [6.07, 6.45) is 0.338. The maximum atomic E-state index is 11.8. The summed E-state index contributed by atoms with van der Waals surface area (Å²) in [7, 11) is 1.59. The van der Waals surface area contributed by atoms with E-state index in [0.717, 1.165) is 5.56 Å². The normalized spacial score (nSPS) is 11.9. The van der Waals surface area contributed by atoms with Gasteiger partial charge in [0.1, 0.15) is 0 Å². The third-order valence-electron chi connectivity index (χ3n) is 2.74. The lowest BCUT2D eigenvalue weighted by Gasteiger charge is -2.12. The molecule has 0 aliphatic carbocycles. The maximum absolute atomic E-state index is 11.8. The van der Waals surface area contributed by atoms with Crippen molar-refractivity contribution >= 4 is 17.6 Å². The molecular formula is C14H19NO4. The van der Waals surface area contributed by atoms with Crippen molar-refractivity contribution in [2.24, 2.45) is 5.92 Å². The monoisotopic (exact) mass is 265 g/mol. The molecule has 1 unspecified atom stereocenters. The molecule has 0 fully saturated rings. The van der Waals surface area contributed by atoms with E-state index in [2.05, 4.69) is 5.32 Å². The second-order valence-electron chi connectivity index (χ2n) is 4.65. The van der Waals surface area contributed by atoms with E-state index in [1.165, 1.54) is 12.1 Å². The average molecular weight is 265 g/mol. The van der Waals surface area contributed by atoms with Gasteiger partial charge in [-0.1, -0.05) is 13.0 Å². The standard InChI is InChI=1S/C14H19NO4/c1-9(8-19-3)6-13(16)15-12-7-11(14(17)18)5-4-10(12)2/h4-5,7,9H,6,8H2,1-3H3,(H,15,16)(H,17,18). The van der Waals surface area contributed by atoms with E-state index >= 15 is 0 Å². The summed E-state index contributed by atoms with van der Waals surface area (Å²) in [5.74, 6) is -1.04. The zero-order chi connectivity index (χ0) is 14.4. The van der Waals surface area contributed by atoms with Crippen LogP contribution in [0.1, 0.15) is 29.3 Å². The fourth-order valence-corrected chi connectivity index (χ4v) is 1.75. The predicted octanol–water partition coefficient (Wildman–Crippen LogP) is 2.30. The van der Waals surface area contributed by atoms with Crippen molar-refractivity contribution in [1.82, 2.24) is 0 Å². The Hall–Kier alpha value is -1.88. The molecule has 2 N–H and O–H groups in total. The highest BCUT2D eigenvalue weighted by Gasteiger charge is 2.12. The van der Waals surface area contributed by atoms with Crippen LogP contribution in [-0.2, 0) is 9.53 Å². The second kappa shape index (κ2) is 6.89. The van der Waals surface area contributed by atoms with Crippen molar-refractivity contribution in [2.75, 3.05) is 19.0 Å². The number of carboxylic acid groups (broad SMARTS) is 1. The van der Waals surface area contributed by atoms with Gasteiger partial charge < -0.3 is 15.2 Å². The number of rotatable bonds is 6. The fourth-order valence-electron chi connectivity index (χ4n) is 1.75. The Labute approximate surface area is 112 Å². The lowest BCUT2D eigenvalue weighted by atomic mass is 10.1. The molecule has 19 heavy (non-hydrogen) atoms. The van der Waals surface area contributed by atoms with Crippen LogP contribution in [0.15, 0.2) is 18.2 Å². The fraction of sp³-hybridized carbons (Fsp3) is 0.429. The Morgan fingerprint density at radius 3 is 2.68 bits per heavy atom. The zero-order valence-corrected chi connectivity index (χ0v) is 11.4. The van der Waals surface area contributed by atoms with Gasteiger partial charge in [-0.25, -0.2) is 4.79 Å². The van der Waals surface area contributed by atoms with Crippen molar-refractivity contribution in [3.63, 3.8) is 0 Å². The summed E-state index contributed by atoms with van der Waals surface area (Å²) in [5.41, 5.74) is 1.53. The number of carboxylic acids is 1. The van der Waals surface area contributed by atoms with Gasteiger partial charge in [0.05, 0.1) is 5.56 Å². The molecule has 1 atom stereocenters. The molecule has 1 rings (SSSR count). The number of aromatic carboxylic acids is 1. The molecule has 0 saturated carbocycles. The molecule has 0 spiro atoms. The summed E-state index contributed by atoms with van der Waals surface area (Å²) < 4.78 is 4.97. The Morgan fingerprint density at radius 1 is 1.42 bits per heavy atom. The number of carbonyl (C=O) groups excluding carboxylic acids is 1. The van der Waals surface area contributed by atoms with Crippen molar-refractivity contribution in [2.45, 2.75) is 20.3 Å². The molecule has 0 radical (unpaired) electrons. The number of aryl methyl sites for hydroxylation is 1. The number of ether oxygens (including phenoxy) is 1. The van der Waals surface area contributed by atoms with Gasteiger partial charge in [0, 0.05) is 25.8 Å². The molecule has 0 heterocycles. The predicted molar refractivity (Wildman–Crippen MR) is 72.4 cm³/mol. The molecule has 5 heteroatoms. The number of anilines is 1. The van der Waals surface area contributed by atoms with Crippen LogP contribution < -0.4 is 5.32 Å². The van der Waals surface area contributed by atoms with E-state index in [1.807, 2.05) is 13.8 Å². The second-order valence-corrected chi connectivity index (χ2v) is 4.65. The molecule has 0 aliphatic rings. The first-order valence-corrected chi connectivity index (χ1v) is 6.06. The Morgan fingerprint density at radius 2 is 2.11 bits per heavy atom. The summed E-state index contributed by atoms with van der Waals surface area (Å²) in [5, 5.41) is 11.7. The van der Waals surface area contributed by atoms with Crippen molar-refractivity contribution < 1.29 is 19.4 Å². The van der Waals surface area contributed by atoms with Crippen LogP contribution in [0.3, 0.4) is 0 Å². The number of benzene rings is 1. The highest BCUT2D eigenvalue weighted by atomic mass is 16.5. The molecule has 0 aliphatic heterocycles. The quantitative estimate of drug-likeness (QED) is 0.827. The first kappa shape index (κ1) is 15.2. The summed E-state index contributed by atoms with van der Waals surface area (Å²) in [6.45, 7) is 4.25. The van der Waals surface area contributed by atoms with Crippen LogP contribution >= 0.6 is 0 Å². The van der Waals surface area contributed by atoms with Gasteiger partial charge in [-0.3, -0.25) is 4.79 Å². The highest BCUT2D eigenvalue weighted by Crippen LogP contribution is 2.18. The van der Waals surface area contributed by atoms with E-state index in [0.29, 0.717) is 18.7 Å². The summed E-state index contributed by atoms with van der Waals surface area (Å²) in [4.78, 5) is 22.7. The highest BCUT2D eigenvalue weighted by molar-refractivity contribution is 5.94. The zero-order valence-electron chi connectivity index (χ0n) is 11.4. The van der Waals surface area contributed by atoms with Gasteiger partial charge in [-0.05, 0) is 30.5 Å². The molecule has 104 valence electrons. The number of nitrogens with one attached hydrogen (secondary N) is 1. The SMILES string of the molecule is COCC(C)CC(=O)Nc1cc(C(=O)O)ccc1C. The summed E-state index contributed by atoms with van der Waals surface area (Å²) >= 11 is 0. The third kappa shape index (κ3) is 4.71. The first-order valence-electron chi connectivity index (χ1n) is 6.06. The first-order chi connectivity index (χ1) is 8.93. The number of carbonyl (C=O) groups is 2. The topological polar surface area (TPSA) is 75.6 Å². The number of hydrogen-bond acceptors (Lipinski definition) is 3. The Kier molecular flexibility index (Phi) is 5.51. The molecule has 0 aromatic heterocycles. The van der Waals surface area contributed by atoms with E-state index in [1.54, 1.807) is 13.2 Å². The average Bonchev–Trinajstić information content (AvgIpc) is 2.31. The maximum Gasteiger partial charge on any atom is 0.335 e. The van der Waals surface area contributed by atoms with Crippen molar-refractivity contribution in [3.05, 3.63) is 29.3 Å². The molecule has 1 aromatic carbocycles. The van der Waals surface area contributed by atoms with Crippen LogP contribution in [0.5, 0.6) is 0 Å². The van der Waals surface area contributed by atoms with Crippen LogP contribution in [0, 0.1) is 12.8 Å².